The number of ether oxygens (including phenoxy) is 1. The first-order chi connectivity index (χ1) is 6.39. The van der Waals surface area contributed by atoms with Crippen LogP contribution in [0.5, 0.6) is 0 Å². The predicted octanol–water partition coefficient (Wildman–Crippen LogP) is 2.33. The van der Waals surface area contributed by atoms with Crippen molar-refractivity contribution in [2.75, 3.05) is 6.61 Å². The monoisotopic (exact) mass is 197 g/mol. The van der Waals surface area contributed by atoms with Gasteiger partial charge in [-0.25, -0.2) is 0 Å². The Hall–Kier alpha value is -0.0800. The molecule has 1 aliphatic carbocycles. The molecular formula is C12H23NO. The Balaban J connectivity index is 1.82. The van der Waals surface area contributed by atoms with Gasteiger partial charge in [0.15, 0.2) is 0 Å². The molecule has 0 amide bonds. The molecule has 82 valence electrons. The lowest BCUT2D eigenvalue weighted by molar-refractivity contribution is -0.0633. The number of hydrogen-bond donors (Lipinski definition) is 1. The average molecular weight is 197 g/mol. The Morgan fingerprint density at radius 1 is 1.14 bits per heavy atom. The van der Waals surface area contributed by atoms with Crippen LogP contribution in [0.1, 0.15) is 47.0 Å². The van der Waals surface area contributed by atoms with Crippen LogP contribution in [0.3, 0.4) is 0 Å². The third-order valence-electron chi connectivity index (χ3n) is 3.65. The highest BCUT2D eigenvalue weighted by Crippen LogP contribution is 2.45. The molecule has 1 aliphatic heterocycles. The van der Waals surface area contributed by atoms with Crippen LogP contribution in [0.25, 0.3) is 0 Å². The SMILES string of the molecule is CC1(C)CC(NC2CC2(C)C)CCO1. The highest BCUT2D eigenvalue weighted by atomic mass is 16.5. The van der Waals surface area contributed by atoms with Crippen LogP contribution in [0.4, 0.5) is 0 Å². The zero-order valence-electron chi connectivity index (χ0n) is 9.89. The molecule has 1 N–H and O–H groups in total. The molecule has 0 bridgehead atoms. The summed E-state index contributed by atoms with van der Waals surface area (Å²) in [5.41, 5.74) is 0.622. The molecular weight excluding hydrogens is 174 g/mol. The van der Waals surface area contributed by atoms with Crippen molar-refractivity contribution < 1.29 is 4.74 Å². The van der Waals surface area contributed by atoms with Crippen LogP contribution in [-0.4, -0.2) is 24.3 Å². The van der Waals surface area contributed by atoms with E-state index in [1.807, 2.05) is 0 Å². The lowest BCUT2D eigenvalue weighted by Gasteiger charge is -2.36. The molecule has 1 heterocycles. The fourth-order valence-electron chi connectivity index (χ4n) is 2.41. The van der Waals surface area contributed by atoms with Crippen LogP contribution in [0.2, 0.25) is 0 Å². The molecule has 2 unspecified atom stereocenters. The molecule has 0 spiro atoms. The minimum atomic E-state index is 0.0783. The Kier molecular flexibility index (Phi) is 2.39. The highest BCUT2D eigenvalue weighted by Gasteiger charge is 2.47. The van der Waals surface area contributed by atoms with Gasteiger partial charge in [-0.15, -0.1) is 0 Å². The van der Waals surface area contributed by atoms with E-state index >= 15 is 0 Å². The van der Waals surface area contributed by atoms with Crippen LogP contribution in [0.15, 0.2) is 0 Å². The standard InChI is InChI=1S/C12H23NO/c1-11(2)8-10(11)13-9-5-6-14-12(3,4)7-9/h9-10,13H,5-8H2,1-4H3. The van der Waals surface area contributed by atoms with Gasteiger partial charge in [0.25, 0.3) is 0 Å². The molecule has 0 aromatic heterocycles. The minimum Gasteiger partial charge on any atom is -0.375 e. The topological polar surface area (TPSA) is 21.3 Å². The Labute approximate surface area is 87.4 Å². The van der Waals surface area contributed by atoms with Crippen molar-refractivity contribution in [3.05, 3.63) is 0 Å². The number of nitrogens with one attached hydrogen (secondary N) is 1. The fourth-order valence-corrected chi connectivity index (χ4v) is 2.41. The minimum absolute atomic E-state index is 0.0783. The maximum atomic E-state index is 5.71. The summed E-state index contributed by atoms with van der Waals surface area (Å²) in [6.07, 6.45) is 3.67. The normalized spacial score (nSPS) is 39.4. The summed E-state index contributed by atoms with van der Waals surface area (Å²) >= 11 is 0. The molecule has 1 saturated heterocycles. The molecule has 0 aromatic carbocycles. The second kappa shape index (κ2) is 3.21. The van der Waals surface area contributed by atoms with E-state index in [0.29, 0.717) is 11.5 Å². The third-order valence-corrected chi connectivity index (χ3v) is 3.65. The van der Waals surface area contributed by atoms with Crippen LogP contribution in [0, 0.1) is 5.41 Å². The van der Waals surface area contributed by atoms with Gasteiger partial charge in [0.2, 0.25) is 0 Å². The van der Waals surface area contributed by atoms with E-state index in [9.17, 15) is 0 Å². The summed E-state index contributed by atoms with van der Waals surface area (Å²) in [6, 6.07) is 1.42. The van der Waals surface area contributed by atoms with Gasteiger partial charge in [-0.05, 0) is 38.5 Å². The largest absolute Gasteiger partial charge is 0.375 e. The third kappa shape index (κ3) is 2.29. The van der Waals surface area contributed by atoms with Crippen LogP contribution < -0.4 is 5.32 Å². The summed E-state index contributed by atoms with van der Waals surface area (Å²) in [7, 11) is 0. The summed E-state index contributed by atoms with van der Waals surface area (Å²) in [6.45, 7) is 9.99. The summed E-state index contributed by atoms with van der Waals surface area (Å²) in [4.78, 5) is 0. The molecule has 2 atom stereocenters. The second-order valence-electron chi connectivity index (χ2n) is 6.21. The van der Waals surface area contributed by atoms with E-state index in [4.69, 9.17) is 4.74 Å². The summed E-state index contributed by atoms with van der Waals surface area (Å²) in [5, 5.41) is 3.76. The van der Waals surface area contributed by atoms with E-state index < -0.39 is 0 Å². The van der Waals surface area contributed by atoms with Gasteiger partial charge in [-0.2, -0.15) is 0 Å². The van der Waals surface area contributed by atoms with Gasteiger partial charge in [0.05, 0.1) is 5.60 Å². The molecule has 0 radical (unpaired) electrons. The van der Waals surface area contributed by atoms with Crippen molar-refractivity contribution in [3.8, 4) is 0 Å². The zero-order valence-corrected chi connectivity index (χ0v) is 9.89. The van der Waals surface area contributed by atoms with Gasteiger partial charge in [-0.3, -0.25) is 0 Å². The first-order valence-corrected chi connectivity index (χ1v) is 5.79. The van der Waals surface area contributed by atoms with Gasteiger partial charge < -0.3 is 10.1 Å². The van der Waals surface area contributed by atoms with Crippen molar-refractivity contribution in [2.45, 2.75) is 64.6 Å². The molecule has 14 heavy (non-hydrogen) atoms. The lowest BCUT2D eigenvalue weighted by atomic mass is 9.94. The van der Waals surface area contributed by atoms with E-state index in [0.717, 1.165) is 19.1 Å². The first kappa shape index (κ1) is 10.4. The Morgan fingerprint density at radius 2 is 1.79 bits per heavy atom. The maximum absolute atomic E-state index is 5.71. The molecule has 2 heteroatoms. The first-order valence-electron chi connectivity index (χ1n) is 5.79. The fraction of sp³-hybridized carbons (Fsp3) is 1.00. The van der Waals surface area contributed by atoms with E-state index in [2.05, 4.69) is 33.0 Å². The smallest absolute Gasteiger partial charge is 0.0641 e. The number of hydrogen-bond acceptors (Lipinski definition) is 2. The van der Waals surface area contributed by atoms with Gasteiger partial charge in [-0.1, -0.05) is 13.8 Å². The summed E-state index contributed by atoms with van der Waals surface area (Å²) < 4.78 is 5.71. The van der Waals surface area contributed by atoms with Crippen molar-refractivity contribution >= 4 is 0 Å². The van der Waals surface area contributed by atoms with Crippen molar-refractivity contribution in [1.82, 2.24) is 5.32 Å². The lowest BCUT2D eigenvalue weighted by Crippen LogP contribution is -2.45. The molecule has 2 fully saturated rings. The molecule has 2 nitrogen and oxygen atoms in total. The van der Waals surface area contributed by atoms with E-state index in [1.165, 1.54) is 12.8 Å². The van der Waals surface area contributed by atoms with Crippen molar-refractivity contribution in [1.29, 1.82) is 0 Å². The zero-order chi connectivity index (χ0) is 10.4. The van der Waals surface area contributed by atoms with Crippen molar-refractivity contribution in [2.24, 2.45) is 5.41 Å². The second-order valence-corrected chi connectivity index (χ2v) is 6.21. The van der Waals surface area contributed by atoms with Gasteiger partial charge >= 0.3 is 0 Å². The number of rotatable bonds is 2. The van der Waals surface area contributed by atoms with Gasteiger partial charge in [0.1, 0.15) is 0 Å². The quantitative estimate of drug-likeness (QED) is 0.733. The molecule has 2 aliphatic rings. The van der Waals surface area contributed by atoms with E-state index in [-0.39, 0.29) is 5.60 Å². The molecule has 2 rings (SSSR count). The molecule has 1 saturated carbocycles. The Morgan fingerprint density at radius 3 is 2.29 bits per heavy atom. The average Bonchev–Trinajstić information content (AvgIpc) is 2.55. The van der Waals surface area contributed by atoms with Crippen LogP contribution in [-0.2, 0) is 4.74 Å². The van der Waals surface area contributed by atoms with E-state index in [1.54, 1.807) is 0 Å². The Bertz CT molecular complexity index is 222. The molecule has 0 aromatic rings. The van der Waals surface area contributed by atoms with Gasteiger partial charge in [0, 0.05) is 18.7 Å². The van der Waals surface area contributed by atoms with Crippen molar-refractivity contribution in [3.63, 3.8) is 0 Å². The maximum Gasteiger partial charge on any atom is 0.0641 e. The highest BCUT2D eigenvalue weighted by molar-refractivity contribution is 5.03. The predicted molar refractivity (Wildman–Crippen MR) is 58.4 cm³/mol. The van der Waals surface area contributed by atoms with Crippen LogP contribution >= 0.6 is 0 Å². The summed E-state index contributed by atoms with van der Waals surface area (Å²) in [5.74, 6) is 0.